The summed E-state index contributed by atoms with van der Waals surface area (Å²) in [5.41, 5.74) is 0.962. The average Bonchev–Trinajstić information content (AvgIpc) is 2.78. The molecule has 1 saturated heterocycles. The lowest BCUT2D eigenvalue weighted by Gasteiger charge is -2.35. The number of carboxylic acid groups (broad SMARTS) is 1. The van der Waals surface area contributed by atoms with Crippen molar-refractivity contribution in [2.24, 2.45) is 5.92 Å². The highest BCUT2D eigenvalue weighted by atomic mass is 19.1. The van der Waals surface area contributed by atoms with E-state index in [1.54, 1.807) is 24.8 Å². The molecule has 0 aliphatic carbocycles. The van der Waals surface area contributed by atoms with Gasteiger partial charge in [0.25, 0.3) is 0 Å². The van der Waals surface area contributed by atoms with Gasteiger partial charge in [-0.2, -0.15) is 0 Å². The minimum Gasteiger partial charge on any atom is -0.486 e. The van der Waals surface area contributed by atoms with Crippen LogP contribution in [0.25, 0.3) is 0 Å². The number of likely N-dealkylation sites (tertiary alicyclic amines) is 1. The van der Waals surface area contributed by atoms with Gasteiger partial charge in [0.1, 0.15) is 24.6 Å². The van der Waals surface area contributed by atoms with E-state index < -0.39 is 18.0 Å². The molecule has 2 aromatic rings. The summed E-state index contributed by atoms with van der Waals surface area (Å²) in [6.45, 7) is 4.81. The fourth-order valence-electron chi connectivity index (χ4n) is 3.64. The van der Waals surface area contributed by atoms with Gasteiger partial charge >= 0.3 is 6.09 Å². The van der Waals surface area contributed by atoms with Gasteiger partial charge in [-0.25, -0.2) is 9.18 Å². The first-order chi connectivity index (χ1) is 15.3. The van der Waals surface area contributed by atoms with Crippen LogP contribution < -0.4 is 14.8 Å². The highest BCUT2D eigenvalue weighted by Crippen LogP contribution is 2.31. The molecule has 0 unspecified atom stereocenters. The molecule has 0 radical (unpaired) electrons. The summed E-state index contributed by atoms with van der Waals surface area (Å²) in [4.78, 5) is 25.4. The van der Waals surface area contributed by atoms with Crippen LogP contribution in [0.15, 0.2) is 48.5 Å². The third-order valence-corrected chi connectivity index (χ3v) is 5.40. The van der Waals surface area contributed by atoms with Crippen LogP contribution in [0.3, 0.4) is 0 Å². The summed E-state index contributed by atoms with van der Waals surface area (Å²) in [5, 5.41) is 11.3. The Hall–Kier alpha value is -3.29. The largest absolute Gasteiger partial charge is 0.486 e. The van der Waals surface area contributed by atoms with E-state index in [4.69, 9.17) is 14.6 Å². The van der Waals surface area contributed by atoms with Gasteiger partial charge in [-0.15, -0.1) is 0 Å². The van der Waals surface area contributed by atoms with Crippen molar-refractivity contribution in [3.8, 4) is 11.5 Å². The van der Waals surface area contributed by atoms with E-state index in [1.165, 1.54) is 12.1 Å². The zero-order valence-electron chi connectivity index (χ0n) is 18.3. The molecule has 1 aliphatic heterocycles. The molecular weight excluding hydrogens is 415 g/mol. The van der Waals surface area contributed by atoms with Crippen molar-refractivity contribution in [1.82, 2.24) is 10.2 Å². The van der Waals surface area contributed by atoms with Gasteiger partial charge in [0.2, 0.25) is 5.91 Å². The number of hydrogen-bond donors (Lipinski definition) is 2. The Morgan fingerprint density at radius 2 is 1.81 bits per heavy atom. The maximum absolute atomic E-state index is 13.8. The first kappa shape index (κ1) is 23.4. The van der Waals surface area contributed by atoms with Crippen LogP contribution >= 0.6 is 0 Å². The van der Waals surface area contributed by atoms with Crippen LogP contribution in [0.4, 0.5) is 9.18 Å². The maximum atomic E-state index is 13.8. The minimum absolute atomic E-state index is 0.156. The molecule has 1 atom stereocenters. The lowest BCUT2D eigenvalue weighted by molar-refractivity contribution is -0.136. The normalized spacial score (nSPS) is 15.3. The van der Waals surface area contributed by atoms with E-state index in [0.29, 0.717) is 44.0 Å². The van der Waals surface area contributed by atoms with Crippen LogP contribution in [0, 0.1) is 11.7 Å². The molecule has 1 heterocycles. The van der Waals surface area contributed by atoms with E-state index in [9.17, 15) is 14.0 Å². The number of amides is 2. The Morgan fingerprint density at radius 1 is 1.12 bits per heavy atom. The van der Waals surface area contributed by atoms with Crippen molar-refractivity contribution in [2.45, 2.75) is 45.4 Å². The zero-order valence-corrected chi connectivity index (χ0v) is 18.3. The second-order valence-electron chi connectivity index (χ2n) is 8.18. The Labute approximate surface area is 187 Å². The Kier molecular flexibility index (Phi) is 7.92. The Balaban J connectivity index is 1.59. The second kappa shape index (κ2) is 10.8. The number of ether oxygens (including phenoxy) is 2. The number of carbonyl (C=O) groups is 2. The fourth-order valence-corrected chi connectivity index (χ4v) is 3.64. The van der Waals surface area contributed by atoms with E-state index in [1.807, 2.05) is 30.3 Å². The van der Waals surface area contributed by atoms with Crippen molar-refractivity contribution < 1.29 is 28.6 Å². The van der Waals surface area contributed by atoms with Crippen LogP contribution in [-0.2, 0) is 11.4 Å². The fraction of sp³-hybridized carbons (Fsp3) is 0.417. The van der Waals surface area contributed by atoms with E-state index in [0.717, 1.165) is 5.56 Å². The molecular formula is C24H29FN2O5. The molecule has 0 bridgehead atoms. The summed E-state index contributed by atoms with van der Waals surface area (Å²) in [6.07, 6.45) is -0.207. The standard InChI is InChI=1S/C24H29FN2O5/c1-16(2)22(26-24(29)30)23(28)27-12-10-19(11-13-27)32-20-9-8-18(25)14-21(20)31-15-17-6-4-3-5-7-17/h3-9,14,16,19,22,26H,10-13,15H2,1-2H3,(H,29,30)/t22-/m0/s1. The van der Waals surface area contributed by atoms with Gasteiger partial charge in [0, 0.05) is 32.0 Å². The van der Waals surface area contributed by atoms with Crippen LogP contribution in [-0.4, -0.2) is 47.2 Å². The van der Waals surface area contributed by atoms with Gasteiger partial charge in [-0.1, -0.05) is 44.2 Å². The number of hydrogen-bond acceptors (Lipinski definition) is 4. The summed E-state index contributed by atoms with van der Waals surface area (Å²) in [7, 11) is 0. The predicted octanol–water partition coefficient (Wildman–Crippen LogP) is 4.07. The number of rotatable bonds is 8. The highest BCUT2D eigenvalue weighted by molar-refractivity contribution is 5.85. The van der Waals surface area contributed by atoms with Gasteiger partial charge < -0.3 is 24.8 Å². The Bertz CT molecular complexity index is 914. The van der Waals surface area contributed by atoms with Gasteiger partial charge in [-0.05, 0) is 23.6 Å². The number of carbonyl (C=O) groups excluding carboxylic acids is 1. The van der Waals surface area contributed by atoms with Crippen molar-refractivity contribution in [2.75, 3.05) is 13.1 Å². The second-order valence-corrected chi connectivity index (χ2v) is 8.18. The number of nitrogens with one attached hydrogen (secondary N) is 1. The first-order valence-electron chi connectivity index (χ1n) is 10.7. The SMILES string of the molecule is CC(C)[C@H](NC(=O)O)C(=O)N1CCC(Oc2ccc(F)cc2OCc2ccccc2)CC1. The molecule has 0 saturated carbocycles. The third-order valence-electron chi connectivity index (χ3n) is 5.40. The van der Waals surface area contributed by atoms with Crippen LogP contribution in [0.1, 0.15) is 32.3 Å². The summed E-state index contributed by atoms with van der Waals surface area (Å²) in [5.74, 6) is -0.00490. The summed E-state index contributed by atoms with van der Waals surface area (Å²) < 4.78 is 25.7. The molecule has 7 nitrogen and oxygen atoms in total. The first-order valence-corrected chi connectivity index (χ1v) is 10.7. The van der Waals surface area contributed by atoms with Gasteiger partial charge in [0.05, 0.1) is 0 Å². The molecule has 0 spiro atoms. The minimum atomic E-state index is -1.21. The number of piperidine rings is 1. The van der Waals surface area contributed by atoms with Crippen molar-refractivity contribution in [3.63, 3.8) is 0 Å². The molecule has 2 N–H and O–H groups in total. The van der Waals surface area contributed by atoms with Crippen molar-refractivity contribution >= 4 is 12.0 Å². The van der Waals surface area contributed by atoms with Gasteiger partial charge in [0.15, 0.2) is 11.5 Å². The zero-order chi connectivity index (χ0) is 23.1. The smallest absolute Gasteiger partial charge is 0.405 e. The molecule has 0 aromatic heterocycles. The molecule has 1 fully saturated rings. The van der Waals surface area contributed by atoms with Crippen LogP contribution in [0.5, 0.6) is 11.5 Å². The molecule has 32 heavy (non-hydrogen) atoms. The van der Waals surface area contributed by atoms with Crippen LogP contribution in [0.2, 0.25) is 0 Å². The molecule has 172 valence electrons. The number of halogens is 1. The molecule has 2 aromatic carbocycles. The quantitative estimate of drug-likeness (QED) is 0.641. The average molecular weight is 445 g/mol. The summed E-state index contributed by atoms with van der Waals surface area (Å²) >= 11 is 0. The van der Waals surface area contributed by atoms with E-state index in [-0.39, 0.29) is 17.9 Å². The lowest BCUT2D eigenvalue weighted by Crippen LogP contribution is -2.53. The number of nitrogens with zero attached hydrogens (tertiary/aromatic N) is 1. The highest BCUT2D eigenvalue weighted by Gasteiger charge is 2.32. The molecule has 1 aliphatic rings. The molecule has 8 heteroatoms. The number of benzene rings is 2. The van der Waals surface area contributed by atoms with Crippen molar-refractivity contribution in [1.29, 1.82) is 0 Å². The molecule has 3 rings (SSSR count). The summed E-state index contributed by atoms with van der Waals surface area (Å²) in [6, 6.07) is 13.0. The maximum Gasteiger partial charge on any atom is 0.405 e. The molecule has 2 amide bonds. The van der Waals surface area contributed by atoms with Gasteiger partial charge in [-0.3, -0.25) is 4.79 Å². The Morgan fingerprint density at radius 3 is 2.44 bits per heavy atom. The predicted molar refractivity (Wildman–Crippen MR) is 117 cm³/mol. The van der Waals surface area contributed by atoms with E-state index >= 15 is 0 Å². The van der Waals surface area contributed by atoms with E-state index in [2.05, 4.69) is 5.32 Å². The topological polar surface area (TPSA) is 88.1 Å². The third kappa shape index (κ3) is 6.35. The lowest BCUT2D eigenvalue weighted by atomic mass is 10.0. The van der Waals surface area contributed by atoms with Crippen molar-refractivity contribution in [3.05, 3.63) is 59.9 Å². The monoisotopic (exact) mass is 444 g/mol.